The molecule has 412 valence electrons. The zero-order valence-corrected chi connectivity index (χ0v) is 47.2. The van der Waals surface area contributed by atoms with Crippen molar-refractivity contribution in [3.63, 3.8) is 0 Å². The van der Waals surface area contributed by atoms with Crippen molar-refractivity contribution in [1.29, 1.82) is 0 Å². The second-order valence-corrected chi connectivity index (χ2v) is 20.6. The van der Waals surface area contributed by atoms with Crippen LogP contribution < -0.4 is 0 Å². The lowest BCUT2D eigenvalue weighted by atomic mass is 10.0. The second-order valence-electron chi connectivity index (χ2n) is 20.6. The fourth-order valence-electron chi connectivity index (χ4n) is 8.80. The molecule has 71 heavy (non-hydrogen) atoms. The lowest BCUT2D eigenvalue weighted by Gasteiger charge is -2.18. The molecule has 6 heteroatoms. The SMILES string of the molecule is CCC/C=C\CCCCCCCC(=O)OCC(COC(=O)CCCCCCCCCCCCCCCCCC/C=C\C/C=C\C/C=C\CCCCCCC)OC(=O)CCCCCCC/C=C\CCCCC. The smallest absolute Gasteiger partial charge is 0.306 e. The molecule has 0 saturated heterocycles. The Kier molecular flexibility index (Phi) is 57.2. The van der Waals surface area contributed by atoms with Crippen molar-refractivity contribution >= 4 is 17.9 Å². The Morgan fingerprint density at radius 1 is 0.282 bits per heavy atom. The number of carbonyl (C=O) groups excluding carboxylic acids is 3. The molecular formula is C65H116O6. The fraction of sp³-hybridized carbons (Fsp3) is 0.800. The summed E-state index contributed by atoms with van der Waals surface area (Å²) in [6, 6.07) is 0. The highest BCUT2D eigenvalue weighted by molar-refractivity contribution is 5.71. The van der Waals surface area contributed by atoms with E-state index in [9.17, 15) is 14.4 Å². The Morgan fingerprint density at radius 2 is 0.535 bits per heavy atom. The molecule has 6 nitrogen and oxygen atoms in total. The van der Waals surface area contributed by atoms with Crippen molar-refractivity contribution in [3.05, 3.63) is 60.8 Å². The monoisotopic (exact) mass is 993 g/mol. The van der Waals surface area contributed by atoms with E-state index in [-0.39, 0.29) is 31.1 Å². The van der Waals surface area contributed by atoms with E-state index in [0.29, 0.717) is 19.3 Å². The fourth-order valence-corrected chi connectivity index (χ4v) is 8.80. The number of unbranched alkanes of at least 4 members (excludes halogenated alkanes) is 35. The van der Waals surface area contributed by atoms with Gasteiger partial charge in [0.25, 0.3) is 0 Å². The summed E-state index contributed by atoms with van der Waals surface area (Å²) in [7, 11) is 0. The van der Waals surface area contributed by atoms with E-state index in [1.165, 1.54) is 180 Å². The summed E-state index contributed by atoms with van der Waals surface area (Å²) in [5.41, 5.74) is 0. The van der Waals surface area contributed by atoms with E-state index >= 15 is 0 Å². The minimum atomic E-state index is -0.779. The number of ether oxygens (including phenoxy) is 3. The molecule has 0 saturated carbocycles. The number of hydrogen-bond acceptors (Lipinski definition) is 6. The van der Waals surface area contributed by atoms with Crippen molar-refractivity contribution < 1.29 is 28.6 Å². The summed E-state index contributed by atoms with van der Waals surface area (Å²) in [5, 5.41) is 0. The number of allylic oxidation sites excluding steroid dienone is 10. The molecule has 0 aliphatic rings. The van der Waals surface area contributed by atoms with Gasteiger partial charge in [-0.05, 0) is 103 Å². The zero-order chi connectivity index (χ0) is 51.4. The van der Waals surface area contributed by atoms with E-state index in [0.717, 1.165) is 96.3 Å². The van der Waals surface area contributed by atoms with E-state index in [1.54, 1.807) is 0 Å². The van der Waals surface area contributed by atoms with Gasteiger partial charge in [-0.2, -0.15) is 0 Å². The van der Waals surface area contributed by atoms with Crippen LogP contribution in [0.1, 0.15) is 316 Å². The van der Waals surface area contributed by atoms with Gasteiger partial charge in [-0.25, -0.2) is 0 Å². The minimum Gasteiger partial charge on any atom is -0.462 e. The quantitative estimate of drug-likeness (QED) is 0.0261. The molecule has 0 spiro atoms. The average molecular weight is 994 g/mol. The number of hydrogen-bond donors (Lipinski definition) is 0. The third-order valence-electron chi connectivity index (χ3n) is 13.4. The van der Waals surface area contributed by atoms with E-state index < -0.39 is 6.10 Å². The molecule has 0 bridgehead atoms. The van der Waals surface area contributed by atoms with Crippen molar-refractivity contribution in [3.8, 4) is 0 Å². The number of carbonyl (C=O) groups is 3. The van der Waals surface area contributed by atoms with Crippen LogP contribution in [0.5, 0.6) is 0 Å². The van der Waals surface area contributed by atoms with Crippen LogP contribution in [0.3, 0.4) is 0 Å². The predicted octanol–water partition coefficient (Wildman–Crippen LogP) is 20.8. The lowest BCUT2D eigenvalue weighted by Crippen LogP contribution is -2.30. The molecule has 0 fully saturated rings. The molecule has 0 amide bonds. The maximum atomic E-state index is 12.8. The minimum absolute atomic E-state index is 0.0780. The van der Waals surface area contributed by atoms with Crippen LogP contribution in [-0.2, 0) is 28.6 Å². The van der Waals surface area contributed by atoms with Crippen LogP contribution in [0.4, 0.5) is 0 Å². The van der Waals surface area contributed by atoms with Crippen LogP contribution in [0, 0.1) is 0 Å². The third-order valence-corrected chi connectivity index (χ3v) is 13.4. The lowest BCUT2D eigenvalue weighted by molar-refractivity contribution is -0.167. The molecule has 0 aliphatic heterocycles. The van der Waals surface area contributed by atoms with Gasteiger partial charge in [-0.15, -0.1) is 0 Å². The predicted molar refractivity (Wildman–Crippen MR) is 307 cm³/mol. The van der Waals surface area contributed by atoms with Crippen LogP contribution in [0.15, 0.2) is 60.8 Å². The van der Waals surface area contributed by atoms with Gasteiger partial charge in [-0.3, -0.25) is 14.4 Å². The van der Waals surface area contributed by atoms with Gasteiger partial charge in [0, 0.05) is 19.3 Å². The van der Waals surface area contributed by atoms with Crippen LogP contribution in [-0.4, -0.2) is 37.2 Å². The maximum Gasteiger partial charge on any atom is 0.306 e. The Morgan fingerprint density at radius 3 is 0.887 bits per heavy atom. The molecule has 0 aliphatic carbocycles. The standard InChI is InChI=1S/C65H116O6/c1-4-7-10-13-16-19-22-24-25-26-27-28-29-30-31-32-33-34-35-36-37-38-39-40-41-42-44-46-49-52-55-58-64(67)70-61-62(60-69-63(66)57-54-51-48-45-21-18-15-12-9-6-3)71-65(68)59-56-53-50-47-43-23-20-17-14-11-8-5-2/h12,15,17,20,22,24,26-27,29-30,62H,4-11,13-14,16,18-19,21,23,25,28,31-61H2,1-3H3/b15-12-,20-17-,24-22-,27-26-,30-29-. The molecule has 0 heterocycles. The highest BCUT2D eigenvalue weighted by Crippen LogP contribution is 2.16. The first-order valence-electron chi connectivity index (χ1n) is 30.8. The summed E-state index contributed by atoms with van der Waals surface area (Å²) in [4.78, 5) is 38.0. The van der Waals surface area contributed by atoms with Gasteiger partial charge < -0.3 is 14.2 Å². The van der Waals surface area contributed by atoms with Crippen LogP contribution in [0.25, 0.3) is 0 Å². The van der Waals surface area contributed by atoms with Crippen molar-refractivity contribution in [2.45, 2.75) is 322 Å². The molecule has 0 aromatic heterocycles. The van der Waals surface area contributed by atoms with Gasteiger partial charge in [0.2, 0.25) is 0 Å². The summed E-state index contributed by atoms with van der Waals surface area (Å²) in [6.07, 6.45) is 75.3. The van der Waals surface area contributed by atoms with Gasteiger partial charge in [0.05, 0.1) is 0 Å². The molecule has 1 atom stereocenters. The Labute approximate surface area is 440 Å². The molecule has 0 rings (SSSR count). The summed E-state index contributed by atoms with van der Waals surface area (Å²) in [6.45, 7) is 6.55. The second kappa shape index (κ2) is 59.7. The van der Waals surface area contributed by atoms with Crippen LogP contribution in [0.2, 0.25) is 0 Å². The van der Waals surface area contributed by atoms with Crippen LogP contribution >= 0.6 is 0 Å². The number of esters is 3. The van der Waals surface area contributed by atoms with Gasteiger partial charge in [0.15, 0.2) is 6.10 Å². The first-order valence-corrected chi connectivity index (χ1v) is 30.8. The highest BCUT2D eigenvalue weighted by Gasteiger charge is 2.19. The Bertz CT molecular complexity index is 1280. The molecule has 1 unspecified atom stereocenters. The first kappa shape index (κ1) is 68.1. The average Bonchev–Trinajstić information content (AvgIpc) is 3.37. The summed E-state index contributed by atoms with van der Waals surface area (Å²) in [5.74, 6) is -0.889. The molecule has 0 aromatic rings. The normalized spacial score (nSPS) is 12.4. The van der Waals surface area contributed by atoms with Gasteiger partial charge >= 0.3 is 17.9 Å². The van der Waals surface area contributed by atoms with Gasteiger partial charge in [-0.1, -0.05) is 255 Å². The van der Waals surface area contributed by atoms with Crippen molar-refractivity contribution in [2.24, 2.45) is 0 Å². The molecule has 0 radical (unpaired) electrons. The Balaban J connectivity index is 4.07. The van der Waals surface area contributed by atoms with E-state index in [1.807, 2.05) is 0 Å². The summed E-state index contributed by atoms with van der Waals surface area (Å²) >= 11 is 0. The van der Waals surface area contributed by atoms with E-state index in [2.05, 4.69) is 81.5 Å². The summed E-state index contributed by atoms with van der Waals surface area (Å²) < 4.78 is 16.8. The van der Waals surface area contributed by atoms with Gasteiger partial charge in [0.1, 0.15) is 13.2 Å². The highest BCUT2D eigenvalue weighted by atomic mass is 16.6. The van der Waals surface area contributed by atoms with Crippen molar-refractivity contribution in [2.75, 3.05) is 13.2 Å². The Hall–Kier alpha value is -2.89. The largest absolute Gasteiger partial charge is 0.462 e. The third kappa shape index (κ3) is 57.9. The van der Waals surface area contributed by atoms with Crippen molar-refractivity contribution in [1.82, 2.24) is 0 Å². The molecule has 0 N–H and O–H groups in total. The number of rotatable bonds is 56. The molecule has 0 aromatic carbocycles. The molecular weight excluding hydrogens is 877 g/mol. The zero-order valence-electron chi connectivity index (χ0n) is 47.2. The van der Waals surface area contributed by atoms with E-state index in [4.69, 9.17) is 14.2 Å². The maximum absolute atomic E-state index is 12.8. The topological polar surface area (TPSA) is 78.9 Å². The first-order chi connectivity index (χ1) is 35.0.